The molecule has 0 aliphatic rings. The van der Waals surface area contributed by atoms with Crippen molar-refractivity contribution in [3.8, 4) is 5.75 Å². The number of carbonyl (C=O) groups excluding carboxylic acids is 2. The van der Waals surface area contributed by atoms with Crippen LogP contribution < -0.4 is 10.1 Å². The van der Waals surface area contributed by atoms with Gasteiger partial charge in [-0.3, -0.25) is 4.79 Å². The third-order valence-electron chi connectivity index (χ3n) is 3.63. The Morgan fingerprint density at radius 3 is 2.58 bits per heavy atom. The lowest BCUT2D eigenvalue weighted by molar-refractivity contribution is -0.119. The molecule has 1 amide bonds. The SMILES string of the molecule is COc1cccc(C(=O)OCC(=O)Nc2ccc(Br)c(C)c2C)c1. The second kappa shape index (κ2) is 7.97. The number of nitrogens with one attached hydrogen (secondary N) is 1. The normalized spacial score (nSPS) is 10.2. The van der Waals surface area contributed by atoms with Crippen LogP contribution >= 0.6 is 15.9 Å². The molecule has 126 valence electrons. The van der Waals surface area contributed by atoms with Gasteiger partial charge in [-0.1, -0.05) is 22.0 Å². The maximum absolute atomic E-state index is 12.0. The Labute approximate surface area is 149 Å². The molecule has 0 heterocycles. The predicted molar refractivity (Wildman–Crippen MR) is 95.5 cm³/mol. The molecule has 0 aromatic heterocycles. The van der Waals surface area contributed by atoms with Gasteiger partial charge in [-0.2, -0.15) is 0 Å². The Morgan fingerprint density at radius 2 is 1.88 bits per heavy atom. The number of hydrogen-bond acceptors (Lipinski definition) is 4. The van der Waals surface area contributed by atoms with Gasteiger partial charge in [0.2, 0.25) is 0 Å². The molecule has 2 rings (SSSR count). The zero-order valence-electron chi connectivity index (χ0n) is 13.7. The standard InChI is InChI=1S/C18H18BrNO4/c1-11-12(2)16(8-7-15(11)19)20-17(21)10-24-18(22)13-5-4-6-14(9-13)23-3/h4-9H,10H2,1-3H3,(H,20,21). The van der Waals surface area contributed by atoms with Crippen molar-refractivity contribution < 1.29 is 19.1 Å². The van der Waals surface area contributed by atoms with Gasteiger partial charge >= 0.3 is 5.97 Å². The minimum Gasteiger partial charge on any atom is -0.497 e. The second-order valence-electron chi connectivity index (χ2n) is 5.20. The highest BCUT2D eigenvalue weighted by Gasteiger charge is 2.12. The summed E-state index contributed by atoms with van der Waals surface area (Å²) in [6.07, 6.45) is 0. The average molecular weight is 392 g/mol. The van der Waals surface area contributed by atoms with Gasteiger partial charge in [0.1, 0.15) is 5.75 Å². The first-order valence-electron chi connectivity index (χ1n) is 7.29. The molecule has 0 bridgehead atoms. The van der Waals surface area contributed by atoms with E-state index in [1.807, 2.05) is 19.9 Å². The first-order chi connectivity index (χ1) is 11.4. The van der Waals surface area contributed by atoms with Crippen molar-refractivity contribution in [3.63, 3.8) is 0 Å². The van der Waals surface area contributed by atoms with Crippen LogP contribution in [0.3, 0.4) is 0 Å². The van der Waals surface area contributed by atoms with Gasteiger partial charge < -0.3 is 14.8 Å². The van der Waals surface area contributed by atoms with Crippen LogP contribution in [0.2, 0.25) is 0 Å². The van der Waals surface area contributed by atoms with Gasteiger partial charge in [0.25, 0.3) is 5.91 Å². The van der Waals surface area contributed by atoms with E-state index in [4.69, 9.17) is 9.47 Å². The van der Waals surface area contributed by atoms with Crippen LogP contribution in [0, 0.1) is 13.8 Å². The highest BCUT2D eigenvalue weighted by atomic mass is 79.9. The van der Waals surface area contributed by atoms with Crippen LogP contribution in [0.4, 0.5) is 5.69 Å². The fourth-order valence-corrected chi connectivity index (χ4v) is 2.50. The van der Waals surface area contributed by atoms with E-state index in [9.17, 15) is 9.59 Å². The van der Waals surface area contributed by atoms with Crippen molar-refractivity contribution in [2.45, 2.75) is 13.8 Å². The number of rotatable bonds is 5. The molecular weight excluding hydrogens is 374 g/mol. The minimum absolute atomic E-state index is 0.331. The molecule has 0 spiro atoms. The summed E-state index contributed by atoms with van der Waals surface area (Å²) in [6.45, 7) is 3.51. The van der Waals surface area contributed by atoms with Crippen molar-refractivity contribution in [1.82, 2.24) is 0 Å². The number of halogens is 1. The number of anilines is 1. The highest BCUT2D eigenvalue weighted by molar-refractivity contribution is 9.10. The summed E-state index contributed by atoms with van der Waals surface area (Å²) in [6, 6.07) is 10.2. The molecule has 0 aliphatic heterocycles. The van der Waals surface area contributed by atoms with E-state index in [-0.39, 0.29) is 6.61 Å². The molecule has 0 atom stereocenters. The van der Waals surface area contributed by atoms with Crippen LogP contribution in [0.5, 0.6) is 5.75 Å². The largest absolute Gasteiger partial charge is 0.497 e. The molecule has 2 aromatic rings. The van der Waals surface area contributed by atoms with Crippen molar-refractivity contribution in [3.05, 3.63) is 57.6 Å². The Morgan fingerprint density at radius 1 is 1.12 bits per heavy atom. The van der Waals surface area contributed by atoms with Gasteiger partial charge in [-0.15, -0.1) is 0 Å². The van der Waals surface area contributed by atoms with E-state index >= 15 is 0 Å². The number of amides is 1. The van der Waals surface area contributed by atoms with E-state index in [1.165, 1.54) is 7.11 Å². The molecule has 2 aromatic carbocycles. The first-order valence-corrected chi connectivity index (χ1v) is 8.08. The van der Waals surface area contributed by atoms with Gasteiger partial charge in [0.15, 0.2) is 6.61 Å². The highest BCUT2D eigenvalue weighted by Crippen LogP contribution is 2.25. The molecule has 0 fully saturated rings. The monoisotopic (exact) mass is 391 g/mol. The smallest absolute Gasteiger partial charge is 0.338 e. The average Bonchev–Trinajstić information content (AvgIpc) is 2.60. The summed E-state index contributed by atoms with van der Waals surface area (Å²) in [5, 5.41) is 2.75. The molecule has 0 radical (unpaired) electrons. The number of benzene rings is 2. The second-order valence-corrected chi connectivity index (χ2v) is 6.06. The summed E-state index contributed by atoms with van der Waals surface area (Å²) >= 11 is 3.44. The van der Waals surface area contributed by atoms with E-state index in [2.05, 4.69) is 21.2 Å². The fraction of sp³-hybridized carbons (Fsp3) is 0.222. The van der Waals surface area contributed by atoms with Crippen LogP contribution in [-0.2, 0) is 9.53 Å². The molecule has 5 nitrogen and oxygen atoms in total. The number of esters is 1. The maximum Gasteiger partial charge on any atom is 0.338 e. The third kappa shape index (κ3) is 4.35. The van der Waals surface area contributed by atoms with E-state index in [0.29, 0.717) is 17.0 Å². The lowest BCUT2D eigenvalue weighted by Gasteiger charge is -2.12. The fourth-order valence-electron chi connectivity index (χ4n) is 2.07. The molecular formula is C18H18BrNO4. The molecule has 0 aliphatic carbocycles. The maximum atomic E-state index is 12.0. The Bertz CT molecular complexity index is 774. The topological polar surface area (TPSA) is 64.6 Å². The minimum atomic E-state index is -0.576. The molecule has 6 heteroatoms. The molecule has 1 N–H and O–H groups in total. The van der Waals surface area contributed by atoms with E-state index in [0.717, 1.165) is 15.6 Å². The lowest BCUT2D eigenvalue weighted by atomic mass is 10.1. The third-order valence-corrected chi connectivity index (χ3v) is 4.49. The van der Waals surface area contributed by atoms with Gasteiger partial charge in [0, 0.05) is 10.2 Å². The summed E-state index contributed by atoms with van der Waals surface area (Å²) in [5.74, 6) is -0.418. The number of methoxy groups -OCH3 is 1. The molecule has 0 saturated carbocycles. The van der Waals surface area contributed by atoms with E-state index < -0.39 is 11.9 Å². The Kier molecular flexibility index (Phi) is 5.98. The number of hydrogen-bond donors (Lipinski definition) is 1. The number of carbonyl (C=O) groups is 2. The van der Waals surface area contributed by atoms with Crippen molar-refractivity contribution in [1.29, 1.82) is 0 Å². The Balaban J connectivity index is 1.96. The van der Waals surface area contributed by atoms with Crippen LogP contribution in [0.25, 0.3) is 0 Å². The number of ether oxygens (including phenoxy) is 2. The molecule has 0 unspecified atom stereocenters. The van der Waals surface area contributed by atoms with E-state index in [1.54, 1.807) is 30.3 Å². The zero-order valence-corrected chi connectivity index (χ0v) is 15.3. The van der Waals surface area contributed by atoms with Crippen LogP contribution in [0.15, 0.2) is 40.9 Å². The van der Waals surface area contributed by atoms with Gasteiger partial charge in [-0.05, 0) is 55.3 Å². The van der Waals surface area contributed by atoms with Crippen molar-refractivity contribution in [2.75, 3.05) is 19.0 Å². The van der Waals surface area contributed by atoms with Crippen molar-refractivity contribution >= 4 is 33.5 Å². The summed E-state index contributed by atoms with van der Waals surface area (Å²) in [4.78, 5) is 24.0. The van der Waals surface area contributed by atoms with Crippen LogP contribution in [0.1, 0.15) is 21.5 Å². The zero-order chi connectivity index (χ0) is 17.7. The summed E-state index contributed by atoms with van der Waals surface area (Å²) in [5.41, 5.74) is 3.02. The molecule has 24 heavy (non-hydrogen) atoms. The summed E-state index contributed by atoms with van der Waals surface area (Å²) in [7, 11) is 1.51. The van der Waals surface area contributed by atoms with Gasteiger partial charge in [0.05, 0.1) is 12.7 Å². The van der Waals surface area contributed by atoms with Crippen molar-refractivity contribution in [2.24, 2.45) is 0 Å². The summed E-state index contributed by atoms with van der Waals surface area (Å²) < 4.78 is 11.1. The quantitative estimate of drug-likeness (QED) is 0.785. The lowest BCUT2D eigenvalue weighted by Crippen LogP contribution is -2.21. The molecule has 0 saturated heterocycles. The van der Waals surface area contributed by atoms with Crippen LogP contribution in [-0.4, -0.2) is 25.6 Å². The first kappa shape index (κ1) is 18.0. The predicted octanol–water partition coefficient (Wildman–Crippen LogP) is 3.87. The van der Waals surface area contributed by atoms with Gasteiger partial charge in [-0.25, -0.2) is 4.79 Å². The Hall–Kier alpha value is -2.34.